The van der Waals surface area contributed by atoms with Crippen LogP contribution in [0.15, 0.2) is 35.7 Å². The molecule has 2 rings (SSSR count). The van der Waals surface area contributed by atoms with Gasteiger partial charge in [0.05, 0.1) is 7.11 Å². The summed E-state index contributed by atoms with van der Waals surface area (Å²) in [6, 6.07) is 7.10. The number of esters is 1. The van der Waals surface area contributed by atoms with Gasteiger partial charge in [-0.3, -0.25) is 5.32 Å². The second kappa shape index (κ2) is 6.83. The number of methoxy groups -OCH3 is 1. The zero-order valence-corrected chi connectivity index (χ0v) is 12.3. The summed E-state index contributed by atoms with van der Waals surface area (Å²) in [6.45, 7) is 0.505. The van der Waals surface area contributed by atoms with Gasteiger partial charge >= 0.3 is 5.97 Å². The number of carbonyl (C=O) groups is 1. The van der Waals surface area contributed by atoms with E-state index in [2.05, 4.69) is 5.32 Å². The van der Waals surface area contributed by atoms with Crippen molar-refractivity contribution in [2.75, 3.05) is 7.11 Å². The standard InChI is InChI=1S/C14H13ClFNO2S/c1-19-14(18)13(17-8-10-3-2-6-20-10)11-5-4-9(16)7-12(11)15/h2-7,13,17H,8H2,1H3. The number of ether oxygens (including phenoxy) is 1. The third kappa shape index (κ3) is 3.56. The van der Waals surface area contributed by atoms with Crippen molar-refractivity contribution < 1.29 is 13.9 Å². The van der Waals surface area contributed by atoms with E-state index in [4.69, 9.17) is 16.3 Å². The summed E-state index contributed by atoms with van der Waals surface area (Å²) in [6.07, 6.45) is 0. The Morgan fingerprint density at radius 1 is 1.50 bits per heavy atom. The van der Waals surface area contributed by atoms with Crippen LogP contribution in [0.4, 0.5) is 4.39 Å². The van der Waals surface area contributed by atoms with Crippen LogP contribution >= 0.6 is 22.9 Å². The Labute approximate surface area is 125 Å². The molecule has 1 N–H and O–H groups in total. The molecule has 1 heterocycles. The first kappa shape index (κ1) is 15.0. The molecule has 0 aliphatic carbocycles. The normalized spacial score (nSPS) is 12.2. The van der Waals surface area contributed by atoms with Crippen LogP contribution in [-0.4, -0.2) is 13.1 Å². The van der Waals surface area contributed by atoms with Gasteiger partial charge in [-0.05, 0) is 29.1 Å². The third-order valence-corrected chi connectivity index (χ3v) is 3.97. The minimum Gasteiger partial charge on any atom is -0.468 e. The molecule has 1 aromatic carbocycles. The van der Waals surface area contributed by atoms with E-state index in [9.17, 15) is 9.18 Å². The highest BCUT2D eigenvalue weighted by Crippen LogP contribution is 2.25. The van der Waals surface area contributed by atoms with Gasteiger partial charge < -0.3 is 4.74 Å². The summed E-state index contributed by atoms with van der Waals surface area (Å²) in [4.78, 5) is 13.0. The molecule has 0 aliphatic heterocycles. The zero-order chi connectivity index (χ0) is 14.5. The van der Waals surface area contributed by atoms with Crippen molar-refractivity contribution in [3.8, 4) is 0 Å². The van der Waals surface area contributed by atoms with E-state index < -0.39 is 17.8 Å². The molecule has 0 aliphatic rings. The van der Waals surface area contributed by atoms with Crippen LogP contribution in [0.2, 0.25) is 5.02 Å². The molecular weight excluding hydrogens is 301 g/mol. The van der Waals surface area contributed by atoms with Gasteiger partial charge in [0, 0.05) is 16.4 Å². The van der Waals surface area contributed by atoms with Crippen LogP contribution in [0.25, 0.3) is 0 Å². The molecule has 0 bridgehead atoms. The van der Waals surface area contributed by atoms with Crippen LogP contribution < -0.4 is 5.32 Å². The average molecular weight is 314 g/mol. The lowest BCUT2D eigenvalue weighted by molar-refractivity contribution is -0.143. The van der Waals surface area contributed by atoms with Crippen LogP contribution in [0.5, 0.6) is 0 Å². The molecule has 1 atom stereocenters. The number of carbonyl (C=O) groups excluding carboxylic acids is 1. The minimum atomic E-state index is -0.727. The smallest absolute Gasteiger partial charge is 0.327 e. The second-order valence-corrected chi connectivity index (χ2v) is 5.52. The van der Waals surface area contributed by atoms with E-state index in [1.54, 1.807) is 11.3 Å². The Hall–Kier alpha value is -1.43. The third-order valence-electron chi connectivity index (χ3n) is 2.77. The lowest BCUT2D eigenvalue weighted by Crippen LogP contribution is -2.29. The molecule has 0 radical (unpaired) electrons. The van der Waals surface area contributed by atoms with Crippen molar-refractivity contribution in [3.63, 3.8) is 0 Å². The molecule has 0 spiro atoms. The monoisotopic (exact) mass is 313 g/mol. The maximum Gasteiger partial charge on any atom is 0.327 e. The van der Waals surface area contributed by atoms with Crippen LogP contribution in [0.1, 0.15) is 16.5 Å². The Balaban J connectivity index is 2.20. The van der Waals surface area contributed by atoms with Gasteiger partial charge in [0.1, 0.15) is 11.9 Å². The van der Waals surface area contributed by atoms with Gasteiger partial charge in [0.15, 0.2) is 0 Å². The molecule has 0 saturated heterocycles. The summed E-state index contributed by atoms with van der Waals surface area (Å²) >= 11 is 7.58. The maximum absolute atomic E-state index is 13.1. The summed E-state index contributed by atoms with van der Waals surface area (Å²) in [5.74, 6) is -0.907. The van der Waals surface area contributed by atoms with Gasteiger partial charge in [-0.1, -0.05) is 23.7 Å². The van der Waals surface area contributed by atoms with Gasteiger partial charge in [-0.15, -0.1) is 11.3 Å². The van der Waals surface area contributed by atoms with Gasteiger partial charge in [0.2, 0.25) is 0 Å². The summed E-state index contributed by atoms with van der Waals surface area (Å²) in [5.41, 5.74) is 0.497. The Morgan fingerprint density at radius 2 is 2.30 bits per heavy atom. The van der Waals surface area contributed by atoms with Crippen molar-refractivity contribution in [2.24, 2.45) is 0 Å². The van der Waals surface area contributed by atoms with Crippen molar-refractivity contribution in [2.45, 2.75) is 12.6 Å². The van der Waals surface area contributed by atoms with E-state index in [1.165, 1.54) is 25.3 Å². The fourth-order valence-corrected chi connectivity index (χ4v) is 2.72. The van der Waals surface area contributed by atoms with E-state index in [0.717, 1.165) is 4.88 Å². The number of benzene rings is 1. The molecule has 1 unspecified atom stereocenters. The quantitative estimate of drug-likeness (QED) is 0.858. The molecule has 0 fully saturated rings. The molecule has 1 aromatic heterocycles. The predicted octanol–water partition coefficient (Wildman–Crippen LogP) is 3.54. The highest BCUT2D eigenvalue weighted by Gasteiger charge is 2.23. The zero-order valence-electron chi connectivity index (χ0n) is 10.7. The molecule has 20 heavy (non-hydrogen) atoms. The van der Waals surface area contributed by atoms with Gasteiger partial charge in [-0.2, -0.15) is 0 Å². The van der Waals surface area contributed by atoms with Crippen LogP contribution in [-0.2, 0) is 16.1 Å². The van der Waals surface area contributed by atoms with E-state index >= 15 is 0 Å². The highest BCUT2D eigenvalue weighted by molar-refractivity contribution is 7.09. The number of rotatable bonds is 5. The molecule has 6 heteroatoms. The summed E-state index contributed by atoms with van der Waals surface area (Å²) < 4.78 is 17.9. The lowest BCUT2D eigenvalue weighted by Gasteiger charge is -2.17. The summed E-state index contributed by atoms with van der Waals surface area (Å²) in [7, 11) is 1.31. The maximum atomic E-state index is 13.1. The van der Waals surface area contributed by atoms with Crippen LogP contribution in [0, 0.1) is 5.82 Å². The Bertz CT molecular complexity index is 589. The largest absolute Gasteiger partial charge is 0.468 e. The predicted molar refractivity (Wildman–Crippen MR) is 77.3 cm³/mol. The Kier molecular flexibility index (Phi) is 5.11. The van der Waals surface area contributed by atoms with Crippen molar-refractivity contribution in [1.29, 1.82) is 0 Å². The molecule has 0 saturated carbocycles. The van der Waals surface area contributed by atoms with E-state index in [0.29, 0.717) is 12.1 Å². The van der Waals surface area contributed by atoms with Gasteiger partial charge in [-0.25, -0.2) is 9.18 Å². The van der Waals surface area contributed by atoms with Crippen molar-refractivity contribution in [1.82, 2.24) is 5.32 Å². The first-order valence-electron chi connectivity index (χ1n) is 5.90. The first-order chi connectivity index (χ1) is 9.61. The molecule has 2 aromatic rings. The molecule has 0 amide bonds. The van der Waals surface area contributed by atoms with Gasteiger partial charge in [0.25, 0.3) is 0 Å². The van der Waals surface area contributed by atoms with E-state index in [1.807, 2.05) is 17.5 Å². The van der Waals surface area contributed by atoms with E-state index in [-0.39, 0.29) is 5.02 Å². The number of hydrogen-bond acceptors (Lipinski definition) is 4. The minimum absolute atomic E-state index is 0.194. The number of nitrogens with one attached hydrogen (secondary N) is 1. The first-order valence-corrected chi connectivity index (χ1v) is 7.16. The van der Waals surface area contributed by atoms with Crippen molar-refractivity contribution in [3.05, 3.63) is 57.0 Å². The molecular formula is C14H13ClFNO2S. The number of halogens is 2. The fraction of sp³-hybridized carbons (Fsp3) is 0.214. The second-order valence-electron chi connectivity index (χ2n) is 4.08. The number of hydrogen-bond donors (Lipinski definition) is 1. The lowest BCUT2D eigenvalue weighted by atomic mass is 10.1. The topological polar surface area (TPSA) is 38.3 Å². The SMILES string of the molecule is COC(=O)C(NCc1cccs1)c1ccc(F)cc1Cl. The number of thiophene rings is 1. The van der Waals surface area contributed by atoms with Crippen LogP contribution in [0.3, 0.4) is 0 Å². The molecule has 3 nitrogen and oxygen atoms in total. The molecule has 106 valence electrons. The fourth-order valence-electron chi connectivity index (χ4n) is 1.79. The summed E-state index contributed by atoms with van der Waals surface area (Å²) in [5, 5.41) is 5.23. The highest BCUT2D eigenvalue weighted by atomic mass is 35.5. The van der Waals surface area contributed by atoms with Crippen molar-refractivity contribution >= 4 is 28.9 Å². The Morgan fingerprint density at radius 3 is 2.90 bits per heavy atom. The average Bonchev–Trinajstić information content (AvgIpc) is 2.93.